The Kier molecular flexibility index (Phi) is 41.4. The average molecular weight is 1700 g/mol. The van der Waals surface area contributed by atoms with Gasteiger partial charge in [-0.1, -0.05) is 62.3 Å². The minimum absolute atomic E-state index is 0.0437. The molecule has 120 heavy (non-hydrogen) atoms. The van der Waals surface area contributed by atoms with Crippen molar-refractivity contribution in [2.45, 2.75) is 330 Å². The normalized spacial score (nSPS) is 15.8. The zero-order chi connectivity index (χ0) is 93.1. The summed E-state index contributed by atoms with van der Waals surface area (Å²) in [6.45, 7) is 35.4. The van der Waals surface area contributed by atoms with Gasteiger partial charge in [-0.25, -0.2) is 0 Å². The van der Waals surface area contributed by atoms with Crippen LogP contribution in [0.15, 0.2) is 0 Å². The summed E-state index contributed by atoms with van der Waals surface area (Å²) < 4.78 is 0. The number of carbonyl (C=O) groups excluding carboxylic acids is 20. The van der Waals surface area contributed by atoms with Crippen LogP contribution in [0, 0.1) is 23.7 Å². The minimum atomic E-state index is -1.84. The number of hydrogen-bond donors (Lipinski definition) is 20. The highest BCUT2D eigenvalue weighted by Gasteiger charge is 2.47. The predicted molar refractivity (Wildman–Crippen MR) is 441 cm³/mol. The van der Waals surface area contributed by atoms with Crippen LogP contribution >= 0.6 is 0 Å². The number of hydrogen-bond acceptors (Lipinski definition) is 21. The summed E-state index contributed by atoms with van der Waals surface area (Å²) >= 11 is 0. The second-order valence-electron chi connectivity index (χ2n) is 35.8. The van der Waals surface area contributed by atoms with E-state index in [9.17, 15) is 101 Å². The maximum absolute atomic E-state index is 14.5. The van der Waals surface area contributed by atoms with Crippen molar-refractivity contribution in [3.8, 4) is 0 Å². The highest BCUT2D eigenvalue weighted by Crippen LogP contribution is 2.25. The van der Waals surface area contributed by atoms with Crippen LogP contribution in [-0.2, 0) is 95.9 Å². The maximum Gasteiger partial charge on any atom is 0.248 e. The van der Waals surface area contributed by atoms with Crippen molar-refractivity contribution in [3.63, 3.8) is 0 Å². The van der Waals surface area contributed by atoms with E-state index in [4.69, 9.17) is 11.5 Å². The van der Waals surface area contributed by atoms with Crippen LogP contribution in [0.2, 0.25) is 0 Å². The minimum Gasteiger partial charge on any atom is -0.394 e. The van der Waals surface area contributed by atoms with E-state index < -0.39 is 250 Å². The number of rotatable bonds is 49. The van der Waals surface area contributed by atoms with Crippen LogP contribution in [0.5, 0.6) is 0 Å². The molecule has 1 saturated heterocycles. The van der Waals surface area contributed by atoms with E-state index in [-0.39, 0.29) is 62.8 Å². The number of amides is 20. The van der Waals surface area contributed by atoms with Gasteiger partial charge in [0.15, 0.2) is 0 Å². The number of primary amides is 2. The van der Waals surface area contributed by atoms with Gasteiger partial charge in [-0.3, -0.25) is 95.9 Å². The molecule has 0 bridgehead atoms. The molecule has 0 aromatic heterocycles. The van der Waals surface area contributed by atoms with Crippen molar-refractivity contribution in [1.29, 1.82) is 0 Å². The predicted octanol–water partition coefficient (Wildman–Crippen LogP) is -3.88. The number of aliphatic hydroxyl groups excluding tert-OH is 1. The van der Waals surface area contributed by atoms with Gasteiger partial charge in [-0.05, 0) is 179 Å². The van der Waals surface area contributed by atoms with E-state index in [1.54, 1.807) is 48.5 Å². The largest absolute Gasteiger partial charge is 0.394 e. The van der Waals surface area contributed by atoms with E-state index in [0.29, 0.717) is 12.8 Å². The van der Waals surface area contributed by atoms with Crippen LogP contribution in [0.25, 0.3) is 0 Å². The molecule has 0 radical (unpaired) electrons. The SMILES string of the molecule is CCC(C)(NC(=O)CNC(=O)C(C)(C)NC(=O)C(NC(=O)C(C)NC(=O)C(CCC(N)=O)NC(=O)C(C)(C)NC(=O)C(CC(C)C)NC(=O)C(C)NC(=O)CNC(=O)C(C)(C)NC(C)=O)C(C)C)C(=O)NC(C)(C)C(=O)N1CCCC1C(=O)NC(CC(C)C)C(=O)NC(C)(C)C(=O)NC(C)(C)C(=O)NC(CCC(N)=O)C(=O)NC(CO)CC(C)C. The third-order valence-electron chi connectivity index (χ3n) is 19.7. The summed E-state index contributed by atoms with van der Waals surface area (Å²) in [6, 6.07) is -11.3. The molecular formula is C79H138N20O21. The van der Waals surface area contributed by atoms with Gasteiger partial charge in [-0.2, -0.15) is 0 Å². The molecule has 1 heterocycles. The van der Waals surface area contributed by atoms with Gasteiger partial charge in [0, 0.05) is 26.3 Å². The van der Waals surface area contributed by atoms with E-state index in [1.165, 1.54) is 116 Å². The zero-order valence-corrected chi connectivity index (χ0v) is 74.6. The maximum atomic E-state index is 14.5. The van der Waals surface area contributed by atoms with Crippen molar-refractivity contribution in [1.82, 2.24) is 95.3 Å². The standard InChI is InChI=1S/C79H138N20O21/c1-26-79(25,71(119)98-78(23,24)72(120)99-33-27-28-52(99)64(112)88-51(36-42(6)7)63(111)95-77(21,22)70(118)97-76(19,20)69(117)90-49(30-32-54(81)103)61(109)86-47(39-100)34-40(2)3)93-56(105)38-83-67(115)74(15,16)96-65(113)57(43(8)9)91-59(107)45(11)85-60(108)48(29-31-53(80)102)89-68(116)75(17,18)94-62(110)50(35-41(4)5)87-58(106)44(10)84-55(104)37-82-66(114)73(13,14)92-46(12)101/h40-45,47-52,57,100H,26-39H2,1-25H3,(H2,80,102)(H2,81,103)(H,82,114)(H,83,115)(H,84,104)(H,85,108)(H,86,109)(H,87,106)(H,88,112)(H,89,116)(H,90,117)(H,91,107)(H,92,101)(H,93,105)(H,94,110)(H,95,111)(H,96,113)(H,97,118)(H,98,119). The Labute approximate surface area is 703 Å². The molecule has 680 valence electrons. The molecular weight excluding hydrogens is 1560 g/mol. The van der Waals surface area contributed by atoms with E-state index in [0.717, 1.165) is 0 Å². The molecule has 41 heteroatoms. The Bertz CT molecular complexity index is 3740. The summed E-state index contributed by atoms with van der Waals surface area (Å²) in [7, 11) is 0. The van der Waals surface area contributed by atoms with Gasteiger partial charge in [0.2, 0.25) is 118 Å². The Morgan fingerprint density at radius 1 is 0.400 bits per heavy atom. The van der Waals surface area contributed by atoms with Gasteiger partial charge < -0.3 is 112 Å². The topological polar surface area (TPSA) is 621 Å². The molecule has 1 aliphatic rings. The van der Waals surface area contributed by atoms with E-state index >= 15 is 0 Å². The molecule has 1 rings (SSSR count). The molecule has 0 saturated carbocycles. The highest BCUT2D eigenvalue weighted by atomic mass is 16.3. The monoisotopic (exact) mass is 1700 g/mol. The molecule has 0 aromatic carbocycles. The van der Waals surface area contributed by atoms with Crippen LogP contribution in [0.4, 0.5) is 0 Å². The first-order valence-corrected chi connectivity index (χ1v) is 40.5. The first-order chi connectivity index (χ1) is 54.8. The van der Waals surface area contributed by atoms with Crippen LogP contribution in [0.1, 0.15) is 237 Å². The van der Waals surface area contributed by atoms with Crippen molar-refractivity contribution in [2.24, 2.45) is 35.1 Å². The van der Waals surface area contributed by atoms with Crippen molar-refractivity contribution in [3.05, 3.63) is 0 Å². The van der Waals surface area contributed by atoms with E-state index in [2.05, 4.69) is 90.4 Å². The van der Waals surface area contributed by atoms with E-state index in [1.807, 2.05) is 13.8 Å². The van der Waals surface area contributed by atoms with Crippen LogP contribution in [-0.4, -0.2) is 248 Å². The first-order valence-electron chi connectivity index (χ1n) is 40.5. The van der Waals surface area contributed by atoms with Crippen molar-refractivity contribution < 1.29 is 101 Å². The highest BCUT2D eigenvalue weighted by molar-refractivity contribution is 6.03. The lowest BCUT2D eigenvalue weighted by Crippen LogP contribution is -2.66. The Morgan fingerprint density at radius 2 is 0.800 bits per heavy atom. The van der Waals surface area contributed by atoms with Crippen LogP contribution < -0.4 is 102 Å². The quantitative estimate of drug-likeness (QED) is 0.0277. The smallest absolute Gasteiger partial charge is 0.248 e. The number of aliphatic hydroxyl groups is 1. The van der Waals surface area contributed by atoms with Gasteiger partial charge in [0.05, 0.1) is 25.7 Å². The Morgan fingerprint density at radius 3 is 1.24 bits per heavy atom. The molecule has 0 aromatic rings. The lowest BCUT2D eigenvalue weighted by Gasteiger charge is -2.37. The summed E-state index contributed by atoms with van der Waals surface area (Å²) in [5.74, 6) is -17.1. The summed E-state index contributed by atoms with van der Waals surface area (Å²) in [4.78, 5) is 270. The molecule has 0 aliphatic carbocycles. The third kappa shape index (κ3) is 35.3. The fourth-order valence-corrected chi connectivity index (χ4v) is 12.2. The number of nitrogens with zero attached hydrogens (tertiary/aromatic N) is 1. The second kappa shape index (κ2) is 46.2. The molecule has 20 amide bonds. The summed E-state index contributed by atoms with van der Waals surface area (Å²) in [6.07, 6.45) is -0.353. The van der Waals surface area contributed by atoms with Crippen LogP contribution in [0.3, 0.4) is 0 Å². The zero-order valence-electron chi connectivity index (χ0n) is 74.6. The number of likely N-dealkylation sites (tertiary alicyclic amines) is 1. The van der Waals surface area contributed by atoms with Crippen molar-refractivity contribution >= 4 is 118 Å². The fraction of sp³-hybridized carbons (Fsp3) is 0.747. The second-order valence-corrected chi connectivity index (χ2v) is 35.8. The Hall–Kier alpha value is -10.6. The van der Waals surface area contributed by atoms with Gasteiger partial charge in [0.25, 0.3) is 0 Å². The Balaban J connectivity index is 3.16. The summed E-state index contributed by atoms with van der Waals surface area (Å²) in [5.41, 5.74) is -1.17. The fourth-order valence-electron chi connectivity index (χ4n) is 12.2. The molecule has 41 nitrogen and oxygen atoms in total. The van der Waals surface area contributed by atoms with Gasteiger partial charge in [0.1, 0.15) is 87.1 Å². The molecule has 1 fully saturated rings. The summed E-state index contributed by atoms with van der Waals surface area (Å²) in [5, 5.41) is 53.1. The van der Waals surface area contributed by atoms with Gasteiger partial charge >= 0.3 is 0 Å². The van der Waals surface area contributed by atoms with Gasteiger partial charge in [-0.15, -0.1) is 0 Å². The van der Waals surface area contributed by atoms with Crippen molar-refractivity contribution in [2.75, 3.05) is 26.2 Å². The number of nitrogens with one attached hydrogen (secondary N) is 17. The average Bonchev–Trinajstić information content (AvgIpc) is 1.48. The molecule has 1 aliphatic heterocycles. The molecule has 0 spiro atoms. The first kappa shape index (κ1) is 107. The molecule has 10 unspecified atom stereocenters. The third-order valence-corrected chi connectivity index (χ3v) is 19.7. The number of carbonyl (C=O) groups is 20. The lowest BCUT2D eigenvalue weighted by molar-refractivity contribution is -0.146. The molecule has 22 N–H and O–H groups in total. The molecule has 10 atom stereocenters. The lowest BCUT2D eigenvalue weighted by atomic mass is 9.94. The number of nitrogens with two attached hydrogens (primary N) is 2.